The zero-order valence-electron chi connectivity index (χ0n) is 14.3. The van der Waals surface area contributed by atoms with Gasteiger partial charge in [-0.05, 0) is 18.1 Å². The van der Waals surface area contributed by atoms with Crippen molar-refractivity contribution in [3.63, 3.8) is 0 Å². The maximum Gasteiger partial charge on any atom is 0.320 e. The minimum atomic E-state index is -1.13. The second-order valence-electron chi connectivity index (χ2n) is 5.89. The predicted molar refractivity (Wildman–Crippen MR) is 91.0 cm³/mol. The van der Waals surface area contributed by atoms with Crippen molar-refractivity contribution in [1.82, 2.24) is 0 Å². The Morgan fingerprint density at radius 2 is 1.31 bits per heavy atom. The number of ether oxygens (including phenoxy) is 2. The van der Waals surface area contributed by atoms with E-state index in [1.165, 1.54) is 14.2 Å². The molecular weight excluding hydrogens is 336 g/mol. The van der Waals surface area contributed by atoms with E-state index >= 15 is 0 Å². The number of esters is 2. The first-order valence-electron chi connectivity index (χ1n) is 7.95. The van der Waals surface area contributed by atoms with Crippen molar-refractivity contribution in [3.05, 3.63) is 70.3 Å². The molecule has 2 aromatic rings. The summed E-state index contributed by atoms with van der Waals surface area (Å²) in [6.45, 7) is 0. The van der Waals surface area contributed by atoms with Gasteiger partial charge < -0.3 is 9.47 Å². The largest absolute Gasteiger partial charge is 0.468 e. The SMILES string of the molecule is COC(=O)C(Cc1ccc2c(c1)C(=O)c1ccccc1C2=O)C(=O)OC. The third kappa shape index (κ3) is 2.90. The first-order valence-corrected chi connectivity index (χ1v) is 7.95. The number of fused-ring (bicyclic) bond motifs is 2. The van der Waals surface area contributed by atoms with E-state index < -0.39 is 17.9 Å². The van der Waals surface area contributed by atoms with Crippen LogP contribution in [0.15, 0.2) is 42.5 Å². The summed E-state index contributed by atoms with van der Waals surface area (Å²) in [5.74, 6) is -3.06. The summed E-state index contributed by atoms with van der Waals surface area (Å²) in [5, 5.41) is 0. The lowest BCUT2D eigenvalue weighted by Gasteiger charge is -2.19. The van der Waals surface area contributed by atoms with E-state index in [9.17, 15) is 19.2 Å². The molecule has 0 saturated carbocycles. The number of hydrogen-bond donors (Lipinski definition) is 0. The maximum atomic E-state index is 12.7. The van der Waals surface area contributed by atoms with Gasteiger partial charge in [0.05, 0.1) is 14.2 Å². The summed E-state index contributed by atoms with van der Waals surface area (Å²) in [5.41, 5.74) is 1.86. The molecule has 0 heterocycles. The van der Waals surface area contributed by atoms with E-state index in [1.54, 1.807) is 42.5 Å². The van der Waals surface area contributed by atoms with Crippen molar-refractivity contribution in [2.24, 2.45) is 5.92 Å². The molecule has 0 atom stereocenters. The van der Waals surface area contributed by atoms with Crippen molar-refractivity contribution < 1.29 is 28.7 Å². The fourth-order valence-corrected chi connectivity index (χ4v) is 3.06. The van der Waals surface area contributed by atoms with Crippen LogP contribution in [-0.2, 0) is 25.5 Å². The first kappa shape index (κ1) is 17.5. The molecule has 0 aliphatic heterocycles. The molecule has 0 aromatic heterocycles. The van der Waals surface area contributed by atoms with Gasteiger partial charge in [0.15, 0.2) is 17.5 Å². The quantitative estimate of drug-likeness (QED) is 0.527. The molecule has 132 valence electrons. The van der Waals surface area contributed by atoms with E-state index in [2.05, 4.69) is 9.47 Å². The third-order valence-electron chi connectivity index (χ3n) is 4.40. The van der Waals surface area contributed by atoms with Gasteiger partial charge >= 0.3 is 11.9 Å². The van der Waals surface area contributed by atoms with E-state index in [1.807, 2.05) is 0 Å². The number of rotatable bonds is 4. The summed E-state index contributed by atoms with van der Waals surface area (Å²) in [7, 11) is 2.37. The Hall–Kier alpha value is -3.28. The van der Waals surface area contributed by atoms with Gasteiger partial charge in [-0.3, -0.25) is 19.2 Å². The highest BCUT2D eigenvalue weighted by molar-refractivity contribution is 6.28. The molecule has 0 spiro atoms. The van der Waals surface area contributed by atoms with Gasteiger partial charge in [0.1, 0.15) is 0 Å². The lowest BCUT2D eigenvalue weighted by atomic mass is 9.82. The summed E-state index contributed by atoms with van der Waals surface area (Å²) in [6.07, 6.45) is 0.00967. The Morgan fingerprint density at radius 3 is 1.85 bits per heavy atom. The van der Waals surface area contributed by atoms with Crippen LogP contribution in [0.1, 0.15) is 37.4 Å². The number of hydrogen-bond acceptors (Lipinski definition) is 6. The molecule has 0 saturated heterocycles. The lowest BCUT2D eigenvalue weighted by Crippen LogP contribution is -2.29. The van der Waals surface area contributed by atoms with E-state index in [-0.39, 0.29) is 23.6 Å². The molecule has 1 aliphatic carbocycles. The number of methoxy groups -OCH3 is 2. The van der Waals surface area contributed by atoms with Crippen molar-refractivity contribution in [1.29, 1.82) is 0 Å². The van der Waals surface area contributed by atoms with Gasteiger partial charge in [0, 0.05) is 22.3 Å². The van der Waals surface area contributed by atoms with Gasteiger partial charge in [-0.1, -0.05) is 36.4 Å². The zero-order chi connectivity index (χ0) is 18.8. The van der Waals surface area contributed by atoms with Gasteiger partial charge in [0.2, 0.25) is 0 Å². The molecule has 26 heavy (non-hydrogen) atoms. The average Bonchev–Trinajstić information content (AvgIpc) is 2.69. The van der Waals surface area contributed by atoms with Crippen molar-refractivity contribution >= 4 is 23.5 Å². The van der Waals surface area contributed by atoms with Crippen molar-refractivity contribution in [2.75, 3.05) is 14.2 Å². The van der Waals surface area contributed by atoms with E-state index in [0.717, 1.165) is 0 Å². The molecule has 0 bridgehead atoms. The predicted octanol–water partition coefficient (Wildman–Crippen LogP) is 1.97. The standard InChI is InChI=1S/C20H16O6/c1-25-19(23)16(20(24)26-2)10-11-7-8-14-15(9-11)18(22)13-6-4-3-5-12(13)17(14)21/h3-9,16H,10H2,1-2H3. The Balaban J connectivity index is 1.99. The van der Waals surface area contributed by atoms with E-state index in [4.69, 9.17) is 0 Å². The highest BCUT2D eigenvalue weighted by atomic mass is 16.5. The lowest BCUT2D eigenvalue weighted by molar-refractivity contribution is -0.158. The van der Waals surface area contributed by atoms with Crippen LogP contribution in [0.2, 0.25) is 0 Å². The molecule has 0 radical (unpaired) electrons. The average molecular weight is 352 g/mol. The molecule has 0 amide bonds. The van der Waals surface area contributed by atoms with Crippen LogP contribution in [0, 0.1) is 5.92 Å². The smallest absolute Gasteiger partial charge is 0.320 e. The molecule has 0 N–H and O–H groups in total. The van der Waals surface area contributed by atoms with Gasteiger partial charge in [-0.2, -0.15) is 0 Å². The first-order chi connectivity index (χ1) is 12.5. The second kappa shape index (κ2) is 6.92. The number of carbonyl (C=O) groups excluding carboxylic acids is 4. The van der Waals surface area contributed by atoms with Crippen molar-refractivity contribution in [3.8, 4) is 0 Å². The van der Waals surface area contributed by atoms with Crippen LogP contribution >= 0.6 is 0 Å². The zero-order valence-corrected chi connectivity index (χ0v) is 14.3. The highest BCUT2D eigenvalue weighted by Gasteiger charge is 2.32. The minimum Gasteiger partial charge on any atom is -0.468 e. The monoisotopic (exact) mass is 352 g/mol. The van der Waals surface area contributed by atoms with Gasteiger partial charge in [0.25, 0.3) is 0 Å². The summed E-state index contributed by atoms with van der Waals surface area (Å²) < 4.78 is 9.29. The molecule has 0 fully saturated rings. The third-order valence-corrected chi connectivity index (χ3v) is 4.40. The summed E-state index contributed by atoms with van der Waals surface area (Å²) in [6, 6.07) is 11.4. The van der Waals surface area contributed by atoms with Crippen LogP contribution in [-0.4, -0.2) is 37.7 Å². The summed E-state index contributed by atoms with van der Waals surface area (Å²) >= 11 is 0. The molecule has 3 rings (SSSR count). The second-order valence-corrected chi connectivity index (χ2v) is 5.89. The molecule has 6 heteroatoms. The topological polar surface area (TPSA) is 86.7 Å². The summed E-state index contributed by atoms with van der Waals surface area (Å²) in [4.78, 5) is 49.0. The van der Waals surface area contributed by atoms with E-state index in [0.29, 0.717) is 22.3 Å². The minimum absolute atomic E-state index is 0.00967. The molecule has 1 aliphatic rings. The Morgan fingerprint density at radius 1 is 0.808 bits per heavy atom. The highest BCUT2D eigenvalue weighted by Crippen LogP contribution is 2.28. The fraction of sp³-hybridized carbons (Fsp3) is 0.200. The molecule has 6 nitrogen and oxygen atoms in total. The Labute approximate surface area is 149 Å². The molecular formula is C20H16O6. The number of benzene rings is 2. The number of carbonyl (C=O) groups is 4. The van der Waals surface area contributed by atoms with Gasteiger partial charge in [-0.15, -0.1) is 0 Å². The van der Waals surface area contributed by atoms with Crippen molar-refractivity contribution in [2.45, 2.75) is 6.42 Å². The van der Waals surface area contributed by atoms with Crippen LogP contribution in [0.5, 0.6) is 0 Å². The van der Waals surface area contributed by atoms with Crippen LogP contribution in [0.4, 0.5) is 0 Å². The van der Waals surface area contributed by atoms with Gasteiger partial charge in [-0.25, -0.2) is 0 Å². The Bertz CT molecular complexity index is 912. The fourth-order valence-electron chi connectivity index (χ4n) is 3.06. The maximum absolute atomic E-state index is 12.7. The van der Waals surface area contributed by atoms with Crippen LogP contribution < -0.4 is 0 Å². The number of ketones is 2. The molecule has 2 aromatic carbocycles. The molecule has 0 unspecified atom stereocenters. The Kier molecular flexibility index (Phi) is 4.67. The van der Waals surface area contributed by atoms with Crippen LogP contribution in [0.25, 0.3) is 0 Å². The normalized spacial score (nSPS) is 12.4. The van der Waals surface area contributed by atoms with Crippen LogP contribution in [0.3, 0.4) is 0 Å².